The third kappa shape index (κ3) is 5.79. The van der Waals surface area contributed by atoms with Crippen molar-refractivity contribution in [1.29, 1.82) is 0 Å². The molecule has 0 unspecified atom stereocenters. The normalized spacial score (nSPS) is 15.2. The maximum atomic E-state index is 12.4. The number of hydrogen-bond donors (Lipinski definition) is 1. The van der Waals surface area contributed by atoms with E-state index in [0.29, 0.717) is 12.4 Å². The summed E-state index contributed by atoms with van der Waals surface area (Å²) >= 11 is 0. The van der Waals surface area contributed by atoms with Crippen LogP contribution in [-0.4, -0.2) is 34.8 Å². The predicted molar refractivity (Wildman–Crippen MR) is 84.1 cm³/mol. The van der Waals surface area contributed by atoms with Crippen molar-refractivity contribution in [3.8, 4) is 0 Å². The molecule has 0 atom stereocenters. The van der Waals surface area contributed by atoms with Gasteiger partial charge in [-0.25, -0.2) is 9.59 Å². The molecule has 0 aliphatic carbocycles. The summed E-state index contributed by atoms with van der Waals surface area (Å²) in [6.07, 6.45) is 2.12. The van der Waals surface area contributed by atoms with Gasteiger partial charge in [-0.1, -0.05) is 6.08 Å². The number of allylic oxidation sites excluding steroid dienone is 2. The van der Waals surface area contributed by atoms with Gasteiger partial charge in [-0.15, -0.1) is 0 Å². The first-order valence-corrected chi connectivity index (χ1v) is 7.27. The van der Waals surface area contributed by atoms with E-state index in [-0.39, 0.29) is 0 Å². The van der Waals surface area contributed by atoms with Crippen molar-refractivity contribution >= 4 is 12.2 Å². The number of dihydropyridines is 1. The van der Waals surface area contributed by atoms with Gasteiger partial charge >= 0.3 is 12.2 Å². The lowest BCUT2D eigenvalue weighted by atomic mass is 10.2. The Morgan fingerprint density at radius 2 is 1.50 bits per heavy atom. The van der Waals surface area contributed by atoms with Gasteiger partial charge in [0.05, 0.1) is 0 Å². The van der Waals surface area contributed by atoms with Crippen LogP contribution in [0, 0.1) is 0 Å². The fraction of sp³-hybridized carbons (Fsp3) is 0.625. The third-order valence-electron chi connectivity index (χ3n) is 2.46. The van der Waals surface area contributed by atoms with E-state index in [2.05, 4.69) is 5.32 Å². The molecule has 2 amide bonds. The van der Waals surface area contributed by atoms with E-state index in [0.717, 1.165) is 10.5 Å². The van der Waals surface area contributed by atoms with E-state index in [9.17, 15) is 9.59 Å². The zero-order chi connectivity index (χ0) is 17.1. The molecule has 6 nitrogen and oxygen atoms in total. The maximum absolute atomic E-state index is 12.4. The van der Waals surface area contributed by atoms with E-state index >= 15 is 0 Å². The summed E-state index contributed by atoms with van der Waals surface area (Å²) in [5, 5.41) is 2.99. The van der Waals surface area contributed by atoms with E-state index in [4.69, 9.17) is 9.47 Å². The summed E-state index contributed by atoms with van der Waals surface area (Å²) in [6, 6.07) is 0. The van der Waals surface area contributed by atoms with Gasteiger partial charge in [0.15, 0.2) is 0 Å². The number of rotatable bonds is 1. The molecule has 0 radical (unpaired) electrons. The van der Waals surface area contributed by atoms with Crippen LogP contribution in [-0.2, 0) is 9.47 Å². The second-order valence-corrected chi connectivity index (χ2v) is 7.15. The Kier molecular flexibility index (Phi) is 5.27. The molecule has 1 aliphatic rings. The van der Waals surface area contributed by atoms with Gasteiger partial charge in [0.1, 0.15) is 17.0 Å². The Morgan fingerprint density at radius 1 is 1.05 bits per heavy atom. The minimum absolute atomic E-state index is 0.350. The molecule has 0 fully saturated rings. The maximum Gasteiger partial charge on any atom is 0.425 e. The topological polar surface area (TPSA) is 67.9 Å². The largest absolute Gasteiger partial charge is 0.443 e. The molecule has 0 spiro atoms. The number of nitrogens with one attached hydrogen (secondary N) is 1. The summed E-state index contributed by atoms with van der Waals surface area (Å²) in [4.78, 5) is 25.7. The third-order valence-corrected chi connectivity index (χ3v) is 2.46. The highest BCUT2D eigenvalue weighted by molar-refractivity contribution is 5.90. The highest BCUT2D eigenvalue weighted by Gasteiger charge is 2.34. The van der Waals surface area contributed by atoms with Gasteiger partial charge < -0.3 is 14.8 Å². The molecule has 1 rings (SSSR count). The van der Waals surface area contributed by atoms with Crippen LogP contribution in [0.5, 0.6) is 0 Å². The van der Waals surface area contributed by atoms with Crippen LogP contribution in [0.4, 0.5) is 9.59 Å². The fourth-order valence-corrected chi connectivity index (χ4v) is 1.67. The molecule has 0 saturated carbocycles. The molecule has 124 valence electrons. The summed E-state index contributed by atoms with van der Waals surface area (Å²) in [7, 11) is 0. The van der Waals surface area contributed by atoms with Crippen molar-refractivity contribution in [1.82, 2.24) is 10.2 Å². The molecule has 1 aliphatic heterocycles. The molecular formula is C16H26N2O4. The number of imide groups is 1. The van der Waals surface area contributed by atoms with Crippen LogP contribution in [0.25, 0.3) is 0 Å². The van der Waals surface area contributed by atoms with Crippen molar-refractivity contribution in [3.05, 3.63) is 23.5 Å². The molecule has 0 saturated heterocycles. The highest BCUT2D eigenvalue weighted by atomic mass is 16.6. The summed E-state index contributed by atoms with van der Waals surface area (Å²) < 4.78 is 10.6. The Labute approximate surface area is 132 Å². The van der Waals surface area contributed by atoms with Crippen LogP contribution < -0.4 is 5.32 Å². The van der Waals surface area contributed by atoms with E-state index in [1.807, 2.05) is 13.0 Å². The molecule has 0 aromatic carbocycles. The number of nitrogens with zero attached hydrogens (tertiary/aromatic N) is 1. The lowest BCUT2D eigenvalue weighted by Crippen LogP contribution is -2.46. The van der Waals surface area contributed by atoms with E-state index in [1.54, 1.807) is 47.6 Å². The van der Waals surface area contributed by atoms with Crippen LogP contribution in [0.3, 0.4) is 0 Å². The minimum atomic E-state index is -0.768. The summed E-state index contributed by atoms with van der Waals surface area (Å²) in [6.45, 7) is 12.9. The second kappa shape index (κ2) is 6.42. The van der Waals surface area contributed by atoms with E-state index < -0.39 is 23.4 Å². The van der Waals surface area contributed by atoms with Crippen LogP contribution in [0.2, 0.25) is 0 Å². The smallest absolute Gasteiger partial charge is 0.425 e. The summed E-state index contributed by atoms with van der Waals surface area (Å²) in [5.41, 5.74) is -0.472. The number of carbonyl (C=O) groups excluding carboxylic acids is 2. The van der Waals surface area contributed by atoms with Gasteiger partial charge in [-0.2, -0.15) is 4.90 Å². The number of amides is 2. The summed E-state index contributed by atoms with van der Waals surface area (Å²) in [5.74, 6) is 0.350. The molecule has 0 aromatic rings. The van der Waals surface area contributed by atoms with Gasteiger partial charge in [0.25, 0.3) is 0 Å². The molecule has 0 aromatic heterocycles. The first-order chi connectivity index (χ1) is 9.89. The minimum Gasteiger partial charge on any atom is -0.443 e. The monoisotopic (exact) mass is 310 g/mol. The Balaban J connectivity index is 3.08. The molecule has 1 N–H and O–H groups in total. The molecule has 0 bridgehead atoms. The van der Waals surface area contributed by atoms with Crippen molar-refractivity contribution < 1.29 is 19.1 Å². The zero-order valence-electron chi connectivity index (χ0n) is 14.4. The first kappa shape index (κ1) is 18.1. The fourth-order valence-electron chi connectivity index (χ4n) is 1.67. The SMILES string of the molecule is CC1=CCNC(N(C(=O)OC(C)(C)C)C(=O)OC(C)(C)C)=C1. The molecular weight excluding hydrogens is 284 g/mol. The van der Waals surface area contributed by atoms with Gasteiger partial charge in [0, 0.05) is 6.54 Å². The standard InChI is InChI=1S/C16H26N2O4/c1-11-8-9-17-12(10-11)18(13(19)21-15(2,3)4)14(20)22-16(5,6)7/h8,10,17H,9H2,1-7H3. The predicted octanol–water partition coefficient (Wildman–Crippen LogP) is 3.55. The second-order valence-electron chi connectivity index (χ2n) is 7.15. The van der Waals surface area contributed by atoms with Crippen LogP contribution in [0.1, 0.15) is 48.5 Å². The van der Waals surface area contributed by atoms with Crippen LogP contribution in [0.15, 0.2) is 23.5 Å². The number of ether oxygens (including phenoxy) is 2. The highest BCUT2D eigenvalue weighted by Crippen LogP contribution is 2.19. The molecule has 22 heavy (non-hydrogen) atoms. The number of hydrogen-bond acceptors (Lipinski definition) is 5. The Morgan fingerprint density at radius 3 is 1.86 bits per heavy atom. The quantitative estimate of drug-likeness (QED) is 0.802. The Bertz CT molecular complexity index is 479. The molecule has 1 heterocycles. The van der Waals surface area contributed by atoms with Gasteiger partial charge in [0.2, 0.25) is 0 Å². The Hall–Kier alpha value is -1.98. The van der Waals surface area contributed by atoms with E-state index in [1.165, 1.54) is 0 Å². The van der Waals surface area contributed by atoms with Crippen LogP contribution >= 0.6 is 0 Å². The van der Waals surface area contributed by atoms with Crippen molar-refractivity contribution in [2.24, 2.45) is 0 Å². The van der Waals surface area contributed by atoms with Gasteiger partial charge in [-0.3, -0.25) is 0 Å². The van der Waals surface area contributed by atoms with Crippen molar-refractivity contribution in [2.75, 3.05) is 6.54 Å². The van der Waals surface area contributed by atoms with Crippen molar-refractivity contribution in [2.45, 2.75) is 59.7 Å². The average molecular weight is 310 g/mol. The molecule has 6 heteroatoms. The van der Waals surface area contributed by atoms with Crippen molar-refractivity contribution in [3.63, 3.8) is 0 Å². The average Bonchev–Trinajstić information content (AvgIpc) is 2.23. The lowest BCUT2D eigenvalue weighted by Gasteiger charge is -2.30. The van der Waals surface area contributed by atoms with Gasteiger partial charge in [-0.05, 0) is 60.1 Å². The first-order valence-electron chi connectivity index (χ1n) is 7.27. The lowest BCUT2D eigenvalue weighted by molar-refractivity contribution is 0.00702. The number of carbonyl (C=O) groups is 2. The zero-order valence-corrected chi connectivity index (χ0v) is 14.4.